The van der Waals surface area contributed by atoms with Crippen LogP contribution >= 0.6 is 22.6 Å². The molecular weight excluding hydrogens is 442 g/mol. The summed E-state index contributed by atoms with van der Waals surface area (Å²) >= 11 is 1.44. The third-order valence-corrected chi connectivity index (χ3v) is 5.28. The molecule has 1 atom stereocenters. The Morgan fingerprint density at radius 1 is 0.773 bits per heavy atom. The van der Waals surface area contributed by atoms with E-state index in [1.54, 1.807) is 0 Å². The average molecular weight is 456 g/mol. The quantitative estimate of drug-likeness (QED) is 0.262. The summed E-state index contributed by atoms with van der Waals surface area (Å²) in [6, 6.07) is 0. The fourth-order valence-corrected chi connectivity index (χ4v) is 3.72. The van der Waals surface area contributed by atoms with Gasteiger partial charge in [-0.2, -0.15) is 39.5 Å². The van der Waals surface area contributed by atoms with Crippen LogP contribution < -0.4 is 0 Å². The van der Waals surface area contributed by atoms with E-state index in [9.17, 15) is 39.5 Å². The predicted octanol–water partition coefficient (Wildman–Crippen LogP) is 6.23. The van der Waals surface area contributed by atoms with Gasteiger partial charge >= 0.3 is 23.9 Å². The van der Waals surface area contributed by atoms with Crippen molar-refractivity contribution in [3.63, 3.8) is 0 Å². The smallest absolute Gasteiger partial charge is 0.200 e. The molecule has 0 heterocycles. The van der Waals surface area contributed by atoms with Crippen LogP contribution in [0.4, 0.5) is 39.5 Å². The fraction of sp³-hybridized carbons (Fsp3) is 1.00. The van der Waals surface area contributed by atoms with Crippen LogP contribution in [0.3, 0.4) is 0 Å². The van der Waals surface area contributed by atoms with Crippen LogP contribution in [0.1, 0.15) is 38.5 Å². The topological polar surface area (TPSA) is 0 Å². The summed E-state index contributed by atoms with van der Waals surface area (Å²) in [6.07, 6.45) is -5.24. The summed E-state index contributed by atoms with van der Waals surface area (Å²) in [4.78, 5) is 0. The zero-order valence-corrected chi connectivity index (χ0v) is 13.3. The highest BCUT2D eigenvalue weighted by atomic mass is 127. The van der Waals surface area contributed by atoms with Gasteiger partial charge in [-0.3, -0.25) is 0 Å². The van der Waals surface area contributed by atoms with Crippen molar-refractivity contribution in [2.75, 3.05) is 0 Å². The molecule has 10 heteroatoms. The van der Waals surface area contributed by atoms with Crippen LogP contribution in [0.25, 0.3) is 0 Å². The van der Waals surface area contributed by atoms with Crippen LogP contribution in [-0.2, 0) is 0 Å². The molecule has 0 aliphatic heterocycles. The molecule has 132 valence electrons. The van der Waals surface area contributed by atoms with E-state index >= 15 is 0 Å². The molecule has 1 rings (SSSR count). The maximum absolute atomic E-state index is 13.5. The Morgan fingerprint density at radius 2 is 1.23 bits per heavy atom. The first kappa shape index (κ1) is 20.1. The van der Waals surface area contributed by atoms with Crippen LogP contribution in [0, 0.1) is 5.92 Å². The van der Waals surface area contributed by atoms with Gasteiger partial charge in [0.25, 0.3) is 0 Å². The monoisotopic (exact) mass is 456 g/mol. The maximum Gasteiger partial charge on any atom is 0.460 e. The molecule has 22 heavy (non-hydrogen) atoms. The van der Waals surface area contributed by atoms with Crippen LogP contribution in [-0.4, -0.2) is 27.9 Å². The molecule has 0 radical (unpaired) electrons. The minimum Gasteiger partial charge on any atom is -0.200 e. The first-order chi connectivity index (χ1) is 9.74. The molecule has 0 saturated heterocycles. The van der Waals surface area contributed by atoms with Crippen molar-refractivity contribution in [3.8, 4) is 0 Å². The van der Waals surface area contributed by atoms with Crippen LogP contribution in [0.5, 0.6) is 0 Å². The minimum absolute atomic E-state index is 0.379. The Labute approximate surface area is 134 Å². The largest absolute Gasteiger partial charge is 0.460 e. The summed E-state index contributed by atoms with van der Waals surface area (Å²) in [5.41, 5.74) is 0. The third-order valence-electron chi connectivity index (χ3n) is 3.82. The fourth-order valence-electron chi connectivity index (χ4n) is 2.44. The molecule has 0 aromatic carbocycles. The Kier molecular flexibility index (Phi) is 5.99. The number of rotatable bonds is 5. The highest BCUT2D eigenvalue weighted by Gasteiger charge is 2.81. The summed E-state index contributed by atoms with van der Waals surface area (Å²) in [7, 11) is 0. The van der Waals surface area contributed by atoms with Gasteiger partial charge < -0.3 is 0 Å². The first-order valence-corrected chi connectivity index (χ1v) is 7.83. The molecular formula is C12H14F9I. The summed E-state index contributed by atoms with van der Waals surface area (Å²) in [5.74, 6) is -19.1. The summed E-state index contributed by atoms with van der Waals surface area (Å²) in [5, 5.41) is 0. The van der Waals surface area contributed by atoms with E-state index < -0.39 is 34.3 Å². The molecule has 0 unspecified atom stereocenters. The Morgan fingerprint density at radius 3 is 1.64 bits per heavy atom. The lowest BCUT2D eigenvalue weighted by molar-refractivity contribution is -0.396. The van der Waals surface area contributed by atoms with Crippen molar-refractivity contribution >= 4 is 22.6 Å². The zero-order valence-electron chi connectivity index (χ0n) is 11.2. The highest BCUT2D eigenvalue weighted by Crippen LogP contribution is 2.55. The molecule has 0 aromatic heterocycles. The van der Waals surface area contributed by atoms with E-state index in [2.05, 4.69) is 0 Å². The molecule has 0 amide bonds. The SMILES string of the molecule is FC(F)(F)C(F)(F)C(F)(F)C(F)(F)C[C@@H](I)C1CCCCC1. The Bertz CT molecular complexity index is 371. The van der Waals surface area contributed by atoms with E-state index in [0.717, 1.165) is 6.42 Å². The van der Waals surface area contributed by atoms with Gasteiger partial charge in [0.05, 0.1) is 0 Å². The van der Waals surface area contributed by atoms with Crippen LogP contribution in [0.2, 0.25) is 0 Å². The molecule has 0 nitrogen and oxygen atoms in total. The normalized spacial score (nSPS) is 21.0. The molecule has 0 N–H and O–H groups in total. The van der Waals surface area contributed by atoms with Gasteiger partial charge in [0.15, 0.2) is 0 Å². The second kappa shape index (κ2) is 6.54. The summed E-state index contributed by atoms with van der Waals surface area (Å²) < 4.78 is 114. The van der Waals surface area contributed by atoms with Gasteiger partial charge in [-0.25, -0.2) is 0 Å². The molecule has 0 aromatic rings. The Hall–Kier alpha value is 0.1000. The van der Waals surface area contributed by atoms with Crippen molar-refractivity contribution in [2.24, 2.45) is 5.92 Å². The second-order valence-corrected chi connectivity index (χ2v) is 7.07. The lowest BCUT2D eigenvalue weighted by Gasteiger charge is -2.36. The van der Waals surface area contributed by atoms with E-state index in [4.69, 9.17) is 0 Å². The Balaban J connectivity index is 2.91. The van der Waals surface area contributed by atoms with Crippen molar-refractivity contribution in [3.05, 3.63) is 0 Å². The standard InChI is InChI=1S/C12H14F9I/c13-9(14,6-8(22)7-4-2-1-3-5-7)10(15,16)11(17,18)12(19,20)21/h7-8H,1-6H2/t8-/m1/s1. The summed E-state index contributed by atoms with van der Waals surface area (Å²) in [6.45, 7) is 0. The number of hydrogen-bond acceptors (Lipinski definition) is 0. The predicted molar refractivity (Wildman–Crippen MR) is 69.9 cm³/mol. The number of alkyl halides is 10. The van der Waals surface area contributed by atoms with Gasteiger partial charge in [-0.1, -0.05) is 41.9 Å². The lowest BCUT2D eigenvalue weighted by Crippen LogP contribution is -2.61. The van der Waals surface area contributed by atoms with E-state index in [1.165, 1.54) is 22.6 Å². The van der Waals surface area contributed by atoms with Crippen LogP contribution in [0.15, 0.2) is 0 Å². The molecule has 1 aliphatic rings. The van der Waals surface area contributed by atoms with Crippen molar-refractivity contribution < 1.29 is 39.5 Å². The van der Waals surface area contributed by atoms with E-state index in [-0.39, 0.29) is 5.92 Å². The molecule has 0 spiro atoms. The zero-order chi connectivity index (χ0) is 17.4. The number of halogens is 10. The van der Waals surface area contributed by atoms with E-state index in [0.29, 0.717) is 25.7 Å². The second-order valence-electron chi connectivity index (χ2n) is 5.47. The number of hydrogen-bond donors (Lipinski definition) is 0. The lowest BCUT2D eigenvalue weighted by atomic mass is 9.84. The van der Waals surface area contributed by atoms with Gasteiger partial charge in [-0.05, 0) is 18.8 Å². The van der Waals surface area contributed by atoms with Gasteiger partial charge in [0, 0.05) is 10.3 Å². The van der Waals surface area contributed by atoms with Crippen molar-refractivity contribution in [2.45, 2.75) is 66.4 Å². The minimum atomic E-state index is -6.79. The average Bonchev–Trinajstić information content (AvgIpc) is 2.37. The molecule has 1 saturated carbocycles. The van der Waals surface area contributed by atoms with E-state index in [1.807, 2.05) is 0 Å². The first-order valence-electron chi connectivity index (χ1n) is 6.58. The van der Waals surface area contributed by atoms with Crippen molar-refractivity contribution in [1.29, 1.82) is 0 Å². The highest BCUT2D eigenvalue weighted by molar-refractivity contribution is 14.1. The maximum atomic E-state index is 13.5. The molecule has 0 bridgehead atoms. The van der Waals surface area contributed by atoms with Gasteiger partial charge in [0.1, 0.15) is 0 Å². The third kappa shape index (κ3) is 3.77. The molecule has 1 aliphatic carbocycles. The van der Waals surface area contributed by atoms with Gasteiger partial charge in [-0.15, -0.1) is 0 Å². The van der Waals surface area contributed by atoms with Crippen molar-refractivity contribution in [1.82, 2.24) is 0 Å². The molecule has 1 fully saturated rings. The van der Waals surface area contributed by atoms with Gasteiger partial charge in [0.2, 0.25) is 0 Å².